The number of nitrogens with zero attached hydrogens (tertiary/aromatic N) is 1. The molecule has 0 aliphatic heterocycles. The zero-order valence-corrected chi connectivity index (χ0v) is 18.5. The second-order valence-corrected chi connectivity index (χ2v) is 8.34. The van der Waals surface area contributed by atoms with E-state index in [1.165, 1.54) is 6.20 Å². The van der Waals surface area contributed by atoms with Crippen LogP contribution >= 0.6 is 11.6 Å². The third-order valence-electron chi connectivity index (χ3n) is 5.81. The maximum Gasteiger partial charge on any atom is 0.306 e. The molecule has 7 nitrogen and oxygen atoms in total. The zero-order valence-electron chi connectivity index (χ0n) is 17.7. The van der Waals surface area contributed by atoms with E-state index >= 15 is 0 Å². The van der Waals surface area contributed by atoms with Crippen LogP contribution in [0.5, 0.6) is 5.75 Å². The molecule has 0 saturated heterocycles. The number of aromatic nitrogens is 1. The summed E-state index contributed by atoms with van der Waals surface area (Å²) in [6.45, 7) is 2.50. The second-order valence-electron chi connectivity index (χ2n) is 7.93. The molecule has 8 heteroatoms. The molecule has 1 saturated carbocycles. The molecule has 0 radical (unpaired) electrons. The summed E-state index contributed by atoms with van der Waals surface area (Å²) in [5, 5.41) is 15.6. The quantitative estimate of drug-likeness (QED) is 0.551. The predicted molar refractivity (Wildman–Crippen MR) is 120 cm³/mol. The molecule has 1 aliphatic rings. The largest absolute Gasteiger partial charge is 0.496 e. The number of amides is 1. The summed E-state index contributed by atoms with van der Waals surface area (Å²) in [5.41, 5.74) is 1.36. The van der Waals surface area contributed by atoms with Gasteiger partial charge in [0, 0.05) is 18.3 Å². The van der Waals surface area contributed by atoms with Gasteiger partial charge in [-0.25, -0.2) is 4.98 Å². The average molecular weight is 446 g/mol. The number of ether oxygens (including phenoxy) is 1. The van der Waals surface area contributed by atoms with E-state index in [4.69, 9.17) is 21.4 Å². The van der Waals surface area contributed by atoms with Gasteiger partial charge in [-0.2, -0.15) is 0 Å². The third-order valence-corrected chi connectivity index (χ3v) is 6.10. The number of methoxy groups -OCH3 is 1. The molecule has 1 aromatic heterocycles. The highest BCUT2D eigenvalue weighted by Gasteiger charge is 2.26. The normalized spacial score (nSPS) is 19.3. The SMILES string of the molecule is COc1ccccc1[C@H](C)Nc1ncc(C(=O)NCC2CCC(C(=O)O)CC2)cc1Cl. The number of pyridine rings is 1. The van der Waals surface area contributed by atoms with Crippen molar-refractivity contribution in [3.05, 3.63) is 52.7 Å². The van der Waals surface area contributed by atoms with Crippen molar-refractivity contribution in [3.8, 4) is 5.75 Å². The van der Waals surface area contributed by atoms with Crippen LogP contribution in [0.4, 0.5) is 5.82 Å². The van der Waals surface area contributed by atoms with Crippen LogP contribution in [0.15, 0.2) is 36.5 Å². The van der Waals surface area contributed by atoms with Crippen LogP contribution in [0.2, 0.25) is 5.02 Å². The monoisotopic (exact) mass is 445 g/mol. The molecule has 0 bridgehead atoms. The van der Waals surface area contributed by atoms with Gasteiger partial charge in [-0.1, -0.05) is 29.8 Å². The van der Waals surface area contributed by atoms with Gasteiger partial charge in [0.25, 0.3) is 5.91 Å². The third kappa shape index (κ3) is 5.88. The molecule has 3 rings (SSSR count). The Kier molecular flexibility index (Phi) is 7.74. The topological polar surface area (TPSA) is 101 Å². The molecule has 1 aromatic carbocycles. The van der Waals surface area contributed by atoms with Crippen LogP contribution in [-0.2, 0) is 4.79 Å². The lowest BCUT2D eigenvalue weighted by atomic mass is 9.82. The number of para-hydroxylation sites is 1. The summed E-state index contributed by atoms with van der Waals surface area (Å²) in [6, 6.07) is 9.21. The van der Waals surface area contributed by atoms with Crippen molar-refractivity contribution in [3.63, 3.8) is 0 Å². The highest BCUT2D eigenvalue weighted by atomic mass is 35.5. The summed E-state index contributed by atoms with van der Waals surface area (Å²) < 4.78 is 5.40. The first-order chi connectivity index (χ1) is 14.9. The molecule has 0 spiro atoms. The number of hydrogen-bond donors (Lipinski definition) is 3. The van der Waals surface area contributed by atoms with Crippen molar-refractivity contribution in [2.45, 2.75) is 38.6 Å². The fraction of sp³-hybridized carbons (Fsp3) is 0.435. The van der Waals surface area contributed by atoms with Crippen LogP contribution in [0.25, 0.3) is 0 Å². The average Bonchev–Trinajstić information content (AvgIpc) is 2.78. The summed E-state index contributed by atoms with van der Waals surface area (Å²) in [6.07, 6.45) is 4.43. The van der Waals surface area contributed by atoms with Crippen LogP contribution < -0.4 is 15.4 Å². The number of carboxylic acids is 1. The highest BCUT2D eigenvalue weighted by Crippen LogP contribution is 2.30. The Morgan fingerprint density at radius 3 is 2.61 bits per heavy atom. The van der Waals surface area contributed by atoms with E-state index in [9.17, 15) is 9.59 Å². The van der Waals surface area contributed by atoms with Crippen molar-refractivity contribution in [1.29, 1.82) is 0 Å². The summed E-state index contributed by atoms with van der Waals surface area (Å²) in [4.78, 5) is 27.9. The maximum absolute atomic E-state index is 12.5. The number of benzene rings is 1. The van der Waals surface area contributed by atoms with E-state index in [2.05, 4.69) is 15.6 Å². The minimum absolute atomic E-state index is 0.0956. The van der Waals surface area contributed by atoms with Gasteiger partial charge in [0.2, 0.25) is 0 Å². The van der Waals surface area contributed by atoms with E-state index in [0.29, 0.717) is 41.7 Å². The molecule has 31 heavy (non-hydrogen) atoms. The Labute approximate surface area is 187 Å². The Balaban J connectivity index is 1.56. The minimum Gasteiger partial charge on any atom is -0.496 e. The van der Waals surface area contributed by atoms with Gasteiger partial charge < -0.3 is 20.5 Å². The van der Waals surface area contributed by atoms with Crippen LogP contribution in [0.1, 0.15) is 54.6 Å². The second kappa shape index (κ2) is 10.5. The predicted octanol–water partition coefficient (Wildman–Crippen LogP) is 4.54. The molecule has 3 N–H and O–H groups in total. The molecule has 0 unspecified atom stereocenters. The summed E-state index contributed by atoms with van der Waals surface area (Å²) >= 11 is 6.38. The fourth-order valence-corrected chi connectivity index (χ4v) is 4.15. The van der Waals surface area contributed by atoms with Crippen LogP contribution in [0, 0.1) is 11.8 Å². The number of anilines is 1. The number of carbonyl (C=O) groups excluding carboxylic acids is 1. The number of rotatable bonds is 8. The first kappa shape index (κ1) is 22.9. The smallest absolute Gasteiger partial charge is 0.306 e. The van der Waals surface area contributed by atoms with Gasteiger partial charge in [0.1, 0.15) is 11.6 Å². The van der Waals surface area contributed by atoms with E-state index in [0.717, 1.165) is 24.2 Å². The van der Waals surface area contributed by atoms with Crippen molar-refractivity contribution in [1.82, 2.24) is 10.3 Å². The van der Waals surface area contributed by atoms with Crippen molar-refractivity contribution < 1.29 is 19.4 Å². The van der Waals surface area contributed by atoms with Gasteiger partial charge in [-0.05, 0) is 50.7 Å². The van der Waals surface area contributed by atoms with Crippen molar-refractivity contribution >= 4 is 29.3 Å². The molecule has 1 fully saturated rings. The van der Waals surface area contributed by atoms with E-state index in [1.807, 2.05) is 31.2 Å². The number of hydrogen-bond acceptors (Lipinski definition) is 5. The Morgan fingerprint density at radius 2 is 1.97 bits per heavy atom. The van der Waals surface area contributed by atoms with Gasteiger partial charge in [-0.3, -0.25) is 9.59 Å². The Bertz CT molecular complexity index is 929. The fourth-order valence-electron chi connectivity index (χ4n) is 3.93. The van der Waals surface area contributed by atoms with E-state index in [1.54, 1.807) is 13.2 Å². The number of halogens is 1. The lowest BCUT2D eigenvalue weighted by Gasteiger charge is -2.26. The Hall–Kier alpha value is -2.80. The molecule has 1 aliphatic carbocycles. The summed E-state index contributed by atoms with van der Waals surface area (Å²) in [7, 11) is 1.63. The Morgan fingerprint density at radius 1 is 1.26 bits per heavy atom. The highest BCUT2D eigenvalue weighted by molar-refractivity contribution is 6.33. The van der Waals surface area contributed by atoms with Crippen LogP contribution in [0.3, 0.4) is 0 Å². The first-order valence-electron chi connectivity index (χ1n) is 10.4. The first-order valence-corrected chi connectivity index (χ1v) is 10.8. The molecule has 2 aromatic rings. The molecular weight excluding hydrogens is 418 g/mol. The van der Waals surface area contributed by atoms with Crippen molar-refractivity contribution in [2.75, 3.05) is 19.0 Å². The van der Waals surface area contributed by atoms with Crippen LogP contribution in [-0.4, -0.2) is 35.6 Å². The minimum atomic E-state index is -0.725. The number of aliphatic carboxylic acids is 1. The lowest BCUT2D eigenvalue weighted by Crippen LogP contribution is -2.32. The molecule has 1 amide bonds. The van der Waals surface area contributed by atoms with E-state index in [-0.39, 0.29) is 17.9 Å². The zero-order chi connectivity index (χ0) is 22.4. The van der Waals surface area contributed by atoms with Gasteiger partial charge in [-0.15, -0.1) is 0 Å². The maximum atomic E-state index is 12.5. The molecule has 166 valence electrons. The summed E-state index contributed by atoms with van der Waals surface area (Å²) in [5.74, 6) is 0.338. The number of carbonyl (C=O) groups is 2. The number of carboxylic acid groups (broad SMARTS) is 1. The standard InChI is InChI=1S/C23H28ClN3O4/c1-14(18-5-3-4-6-20(18)31-2)27-21-19(24)11-17(13-25-21)22(28)26-12-15-7-9-16(10-8-15)23(29)30/h3-6,11,13-16H,7-10,12H2,1-2H3,(H,25,27)(H,26,28)(H,29,30)/t14-,15?,16?/m0/s1. The van der Waals surface area contributed by atoms with Crippen molar-refractivity contribution in [2.24, 2.45) is 11.8 Å². The number of nitrogens with one attached hydrogen (secondary N) is 2. The van der Waals surface area contributed by atoms with Gasteiger partial charge in [0.05, 0.1) is 29.7 Å². The molecule has 1 heterocycles. The lowest BCUT2D eigenvalue weighted by molar-refractivity contribution is -0.143. The van der Waals surface area contributed by atoms with Gasteiger partial charge in [0.15, 0.2) is 0 Å². The molecule has 1 atom stereocenters. The van der Waals surface area contributed by atoms with E-state index < -0.39 is 5.97 Å². The molecular formula is C23H28ClN3O4. The van der Waals surface area contributed by atoms with Gasteiger partial charge >= 0.3 is 5.97 Å².